The molecule has 8 rings (SSSR count). The Morgan fingerprint density at radius 1 is 0.569 bits per heavy atom. The summed E-state index contributed by atoms with van der Waals surface area (Å²) in [4.78, 5) is 9.76. The van der Waals surface area contributed by atoms with Crippen molar-refractivity contribution in [3.8, 4) is 17.0 Å². The minimum absolute atomic E-state index is 0.356. The molecular formula is C50H46N6O2. The number of aromatic nitrogens is 2. The zero-order valence-corrected chi connectivity index (χ0v) is 33.1. The van der Waals surface area contributed by atoms with E-state index in [0.29, 0.717) is 25.5 Å². The minimum Gasteiger partial charge on any atom is -0.472 e. The molecule has 0 amide bonds. The van der Waals surface area contributed by atoms with Crippen LogP contribution < -0.4 is 4.74 Å². The van der Waals surface area contributed by atoms with Crippen LogP contribution >= 0.6 is 0 Å². The van der Waals surface area contributed by atoms with Crippen molar-refractivity contribution in [3.63, 3.8) is 0 Å². The summed E-state index contributed by atoms with van der Waals surface area (Å²) in [5, 5.41) is 18.6. The number of methoxy groups -OCH3 is 1. The molecule has 6 aromatic carbocycles. The van der Waals surface area contributed by atoms with Gasteiger partial charge in [0.1, 0.15) is 12.4 Å². The number of ether oxygens (including phenoxy) is 2. The third-order valence-corrected chi connectivity index (χ3v) is 10.9. The fourth-order valence-corrected chi connectivity index (χ4v) is 8.20. The molecule has 8 nitrogen and oxygen atoms in total. The molecule has 0 radical (unpaired) electrons. The lowest BCUT2D eigenvalue weighted by Crippen LogP contribution is -2.48. The van der Waals surface area contributed by atoms with Crippen LogP contribution in [-0.2, 0) is 41.9 Å². The molecule has 0 saturated heterocycles. The summed E-state index contributed by atoms with van der Waals surface area (Å²) in [6, 6.07) is 56.7. The first-order valence-electron chi connectivity index (χ1n) is 19.8. The average Bonchev–Trinajstić information content (AvgIpc) is 3.78. The Kier molecular flexibility index (Phi) is 11.4. The van der Waals surface area contributed by atoms with Crippen molar-refractivity contribution in [2.24, 2.45) is 20.7 Å². The third-order valence-electron chi connectivity index (χ3n) is 10.9. The Labute approximate surface area is 340 Å². The van der Waals surface area contributed by atoms with Crippen LogP contribution in [0.1, 0.15) is 69.4 Å². The van der Waals surface area contributed by atoms with Crippen molar-refractivity contribution in [2.75, 3.05) is 7.11 Å². The molecule has 0 bridgehead atoms. The zero-order chi connectivity index (χ0) is 39.8. The maximum absolute atomic E-state index is 6.56. The van der Waals surface area contributed by atoms with Crippen LogP contribution in [0.15, 0.2) is 184 Å². The Bertz CT molecular complexity index is 2400. The monoisotopic (exact) mass is 762 g/mol. The Balaban J connectivity index is 1.16. The van der Waals surface area contributed by atoms with Crippen molar-refractivity contribution >= 4 is 0 Å². The van der Waals surface area contributed by atoms with Crippen molar-refractivity contribution in [3.05, 3.63) is 220 Å². The van der Waals surface area contributed by atoms with Gasteiger partial charge in [0.25, 0.3) is 0 Å². The average molecular weight is 763 g/mol. The first-order valence-corrected chi connectivity index (χ1v) is 19.8. The number of hydrogen-bond donors (Lipinski definition) is 0. The Morgan fingerprint density at radius 2 is 1.09 bits per heavy atom. The van der Waals surface area contributed by atoms with E-state index in [-0.39, 0.29) is 0 Å². The van der Waals surface area contributed by atoms with E-state index in [1.807, 2.05) is 31.2 Å². The topological polar surface area (TPSA) is 93.7 Å². The summed E-state index contributed by atoms with van der Waals surface area (Å²) in [7, 11) is 1.71. The summed E-state index contributed by atoms with van der Waals surface area (Å²) in [6.45, 7) is 5.13. The molecule has 8 heteroatoms. The van der Waals surface area contributed by atoms with Gasteiger partial charge in [-0.15, -0.1) is 10.2 Å². The molecule has 0 atom stereocenters. The lowest BCUT2D eigenvalue weighted by atomic mass is 9.59. The van der Waals surface area contributed by atoms with Gasteiger partial charge in [-0.2, -0.15) is 4.98 Å². The molecule has 58 heavy (non-hydrogen) atoms. The molecule has 0 N–H and O–H groups in total. The molecule has 0 aliphatic carbocycles. The van der Waals surface area contributed by atoms with E-state index >= 15 is 0 Å². The van der Waals surface area contributed by atoms with Crippen LogP contribution in [0.4, 0.5) is 0 Å². The molecule has 288 valence electrons. The van der Waals surface area contributed by atoms with E-state index < -0.39 is 11.1 Å². The number of aryl methyl sites for hydroxylation is 2. The maximum atomic E-state index is 6.56. The van der Waals surface area contributed by atoms with Gasteiger partial charge < -0.3 is 9.47 Å². The number of hydrogen-bond acceptors (Lipinski definition) is 8. The predicted octanol–water partition coefficient (Wildman–Crippen LogP) is 11.7. The van der Waals surface area contributed by atoms with Gasteiger partial charge in [0.15, 0.2) is 0 Å². The van der Waals surface area contributed by atoms with Gasteiger partial charge in [-0.25, -0.2) is 4.98 Å². The lowest BCUT2D eigenvalue weighted by Gasteiger charge is -2.45. The highest BCUT2D eigenvalue weighted by Crippen LogP contribution is 2.58. The largest absolute Gasteiger partial charge is 0.472 e. The summed E-state index contributed by atoms with van der Waals surface area (Å²) in [6.07, 6.45) is 2.41. The van der Waals surface area contributed by atoms with Gasteiger partial charge in [-0.1, -0.05) is 171 Å². The van der Waals surface area contributed by atoms with Gasteiger partial charge in [0, 0.05) is 36.8 Å². The van der Waals surface area contributed by atoms with Gasteiger partial charge in [0.2, 0.25) is 11.5 Å². The molecular weight excluding hydrogens is 717 g/mol. The van der Waals surface area contributed by atoms with Crippen molar-refractivity contribution < 1.29 is 9.47 Å². The first kappa shape index (κ1) is 38.2. The number of nitrogens with zero attached hydrogens (tertiary/aromatic N) is 6. The lowest BCUT2D eigenvalue weighted by molar-refractivity contribution is 0.185. The Morgan fingerprint density at radius 3 is 1.66 bits per heavy atom. The molecule has 0 unspecified atom stereocenters. The molecule has 1 aliphatic heterocycles. The normalized spacial score (nSPS) is 13.2. The quantitative estimate of drug-likeness (QED) is 0.0972. The SMILES string of the molecule is CCCc1nc(C)c(Cc2ccc(COC)cc2)c(OCc2ccc(-c3ccccc3C3(C(c4ccccc4)(c4ccccc4)c4ccccc4)N=NN=N3)cc2)n1. The molecule has 0 saturated carbocycles. The zero-order valence-electron chi connectivity index (χ0n) is 33.1. The van der Waals surface area contributed by atoms with Crippen LogP contribution in [0.25, 0.3) is 11.1 Å². The van der Waals surface area contributed by atoms with Crippen molar-refractivity contribution in [1.82, 2.24) is 9.97 Å². The van der Waals surface area contributed by atoms with E-state index in [0.717, 1.165) is 80.0 Å². The summed E-state index contributed by atoms with van der Waals surface area (Å²) in [5.41, 5.74) is 9.01. The molecule has 1 aliphatic rings. The van der Waals surface area contributed by atoms with Gasteiger partial charge in [-0.05, 0) is 68.3 Å². The summed E-state index contributed by atoms with van der Waals surface area (Å²) in [5.74, 6) is 1.43. The number of rotatable bonds is 15. The first-order chi connectivity index (χ1) is 28.6. The van der Waals surface area contributed by atoms with Gasteiger partial charge >= 0.3 is 0 Å². The van der Waals surface area contributed by atoms with E-state index in [2.05, 4.69) is 157 Å². The van der Waals surface area contributed by atoms with Crippen LogP contribution in [0.2, 0.25) is 0 Å². The molecule has 0 spiro atoms. The molecule has 0 fully saturated rings. The summed E-state index contributed by atoms with van der Waals surface area (Å²) < 4.78 is 11.9. The Hall–Kier alpha value is -6.64. The van der Waals surface area contributed by atoms with Crippen LogP contribution in [-0.4, -0.2) is 17.1 Å². The van der Waals surface area contributed by atoms with Crippen molar-refractivity contribution in [2.45, 2.75) is 57.4 Å². The van der Waals surface area contributed by atoms with Crippen LogP contribution in [0.3, 0.4) is 0 Å². The van der Waals surface area contributed by atoms with E-state index in [9.17, 15) is 0 Å². The van der Waals surface area contributed by atoms with E-state index in [1.54, 1.807) is 7.11 Å². The molecule has 1 aromatic heterocycles. The van der Waals surface area contributed by atoms with Crippen LogP contribution in [0, 0.1) is 6.92 Å². The highest BCUT2D eigenvalue weighted by atomic mass is 16.5. The second-order valence-electron chi connectivity index (χ2n) is 14.6. The summed E-state index contributed by atoms with van der Waals surface area (Å²) >= 11 is 0. The highest BCUT2D eigenvalue weighted by molar-refractivity contribution is 5.72. The van der Waals surface area contributed by atoms with Crippen LogP contribution in [0.5, 0.6) is 5.88 Å². The van der Waals surface area contributed by atoms with E-state index in [1.165, 1.54) is 0 Å². The fraction of sp³-hybridized carbons (Fsp3) is 0.200. The smallest absolute Gasteiger partial charge is 0.238 e. The highest BCUT2D eigenvalue weighted by Gasteiger charge is 2.60. The second-order valence-corrected chi connectivity index (χ2v) is 14.6. The third kappa shape index (κ3) is 7.35. The van der Waals surface area contributed by atoms with Crippen molar-refractivity contribution in [1.29, 1.82) is 0 Å². The van der Waals surface area contributed by atoms with Gasteiger partial charge in [0.05, 0.1) is 12.0 Å². The number of benzene rings is 6. The molecule has 2 heterocycles. The fourth-order valence-electron chi connectivity index (χ4n) is 8.20. The molecule has 7 aromatic rings. The second kappa shape index (κ2) is 17.2. The minimum atomic E-state index is -1.28. The maximum Gasteiger partial charge on any atom is 0.238 e. The van der Waals surface area contributed by atoms with E-state index in [4.69, 9.17) is 29.7 Å². The standard InChI is InChI=1S/C50H46N6O2/c1-4-16-47-51-36(2)45(33-37-25-27-38(28-26-37)34-57-3)48(52-47)58-35-39-29-31-40(32-30-39)44-23-14-15-24-46(44)50(53-55-56-54-50)49(41-17-8-5-9-18-41,42-19-10-6-11-20-42)43-21-12-7-13-22-43/h5-15,17-32H,4,16,33-35H2,1-3H3. The predicted molar refractivity (Wildman–Crippen MR) is 228 cm³/mol. The van der Waals surface area contributed by atoms with Gasteiger partial charge in [-0.3, -0.25) is 0 Å².